The van der Waals surface area contributed by atoms with Crippen LogP contribution in [0.1, 0.15) is 51.5 Å². The van der Waals surface area contributed by atoms with Crippen molar-refractivity contribution in [1.82, 2.24) is 0 Å². The molecule has 0 bridgehead atoms. The fourth-order valence-corrected chi connectivity index (χ4v) is 4.07. The summed E-state index contributed by atoms with van der Waals surface area (Å²) in [6.45, 7) is 4.49. The zero-order valence-corrected chi connectivity index (χ0v) is 15.0. The summed E-state index contributed by atoms with van der Waals surface area (Å²) < 4.78 is 11.0. The van der Waals surface area contributed by atoms with E-state index in [1.54, 1.807) is 0 Å². The summed E-state index contributed by atoms with van der Waals surface area (Å²) in [5.74, 6) is -0.0840. The average molecular weight is 342 g/mol. The Bertz CT molecular complexity index is 662. The number of hydrogen-bond donors (Lipinski definition) is 0. The molecule has 134 valence electrons. The van der Waals surface area contributed by atoms with E-state index in [9.17, 15) is 9.59 Å². The number of allylic oxidation sites excluding steroid dienone is 1. The maximum atomic E-state index is 12.6. The predicted molar refractivity (Wildman–Crippen MR) is 94.6 cm³/mol. The first kappa shape index (κ1) is 17.7. The third kappa shape index (κ3) is 3.78. The zero-order chi connectivity index (χ0) is 17.9. The highest BCUT2D eigenvalue weighted by molar-refractivity contribution is 5.86. The minimum Gasteiger partial charge on any atom is -0.461 e. The van der Waals surface area contributed by atoms with E-state index in [1.165, 1.54) is 0 Å². The van der Waals surface area contributed by atoms with Gasteiger partial charge in [0.05, 0.1) is 11.8 Å². The molecular weight excluding hydrogens is 316 g/mol. The summed E-state index contributed by atoms with van der Waals surface area (Å²) in [6.07, 6.45) is 5.31. The van der Waals surface area contributed by atoms with E-state index < -0.39 is 11.5 Å². The second-order valence-electron chi connectivity index (χ2n) is 7.48. The van der Waals surface area contributed by atoms with Crippen LogP contribution in [0.2, 0.25) is 0 Å². The Balaban J connectivity index is 1.65. The number of carbonyl (C=O) groups excluding carboxylic acids is 2. The van der Waals surface area contributed by atoms with E-state index in [0.29, 0.717) is 5.92 Å². The molecule has 0 N–H and O–H groups in total. The zero-order valence-electron chi connectivity index (χ0n) is 15.0. The maximum Gasteiger partial charge on any atom is 0.316 e. The highest BCUT2D eigenvalue weighted by Gasteiger charge is 2.54. The third-order valence-electron chi connectivity index (χ3n) is 5.06. The molecule has 0 saturated carbocycles. The standard InChI is InChI=1S/C21H26O4/c1-15(2)13-21-11-7-6-10-17(21)18(25-20(21)23)12-19(22)24-14-16-8-4-3-5-9-16/h3-5,8-10,15,18H,6-7,11-14H2,1-2H3/t18?,21-/m1/s1. The van der Waals surface area contributed by atoms with E-state index in [2.05, 4.69) is 19.9 Å². The molecule has 0 spiro atoms. The number of cyclic esters (lactones) is 1. The van der Waals surface area contributed by atoms with Crippen LogP contribution >= 0.6 is 0 Å². The van der Waals surface area contributed by atoms with Crippen molar-refractivity contribution in [2.75, 3.05) is 0 Å². The molecule has 1 heterocycles. The Morgan fingerprint density at radius 2 is 2.08 bits per heavy atom. The van der Waals surface area contributed by atoms with Crippen molar-refractivity contribution in [2.24, 2.45) is 11.3 Å². The molecule has 1 aromatic rings. The smallest absolute Gasteiger partial charge is 0.316 e. The molecule has 2 aliphatic rings. The van der Waals surface area contributed by atoms with Crippen LogP contribution in [0.15, 0.2) is 42.0 Å². The first-order chi connectivity index (χ1) is 12.0. The van der Waals surface area contributed by atoms with E-state index in [-0.39, 0.29) is 25.0 Å². The normalized spacial score (nSPS) is 25.3. The molecule has 1 aliphatic carbocycles. The predicted octanol–water partition coefficient (Wildman–Crippen LogP) is 4.19. The first-order valence-electron chi connectivity index (χ1n) is 9.12. The summed E-state index contributed by atoms with van der Waals surface area (Å²) in [5, 5.41) is 0. The number of ether oxygens (including phenoxy) is 2. The lowest BCUT2D eigenvalue weighted by molar-refractivity contribution is -0.153. The van der Waals surface area contributed by atoms with E-state index in [0.717, 1.165) is 36.8 Å². The molecule has 3 rings (SSSR count). The number of carbonyl (C=O) groups is 2. The van der Waals surface area contributed by atoms with Gasteiger partial charge in [-0.15, -0.1) is 0 Å². The Kier molecular flexibility index (Phi) is 5.26. The molecule has 1 unspecified atom stereocenters. The van der Waals surface area contributed by atoms with Crippen molar-refractivity contribution >= 4 is 11.9 Å². The number of fused-ring (bicyclic) bond motifs is 1. The van der Waals surface area contributed by atoms with Gasteiger partial charge in [-0.1, -0.05) is 50.3 Å². The van der Waals surface area contributed by atoms with Gasteiger partial charge in [-0.05, 0) is 42.7 Å². The second-order valence-corrected chi connectivity index (χ2v) is 7.48. The topological polar surface area (TPSA) is 52.6 Å². The molecule has 1 fully saturated rings. The van der Waals surface area contributed by atoms with Gasteiger partial charge in [-0.3, -0.25) is 9.59 Å². The lowest BCUT2D eigenvalue weighted by Gasteiger charge is -2.32. The molecule has 0 amide bonds. The third-order valence-corrected chi connectivity index (χ3v) is 5.06. The van der Waals surface area contributed by atoms with Gasteiger partial charge < -0.3 is 9.47 Å². The van der Waals surface area contributed by atoms with Gasteiger partial charge in [0.15, 0.2) is 0 Å². The molecule has 0 aromatic heterocycles. The summed E-state index contributed by atoms with van der Waals surface area (Å²) in [7, 11) is 0. The van der Waals surface area contributed by atoms with Crippen molar-refractivity contribution in [3.63, 3.8) is 0 Å². The highest BCUT2D eigenvalue weighted by Crippen LogP contribution is 2.51. The summed E-state index contributed by atoms with van der Waals surface area (Å²) in [4.78, 5) is 24.9. The molecule has 1 saturated heterocycles. The molecule has 1 aliphatic heterocycles. The van der Waals surface area contributed by atoms with Crippen LogP contribution in [0, 0.1) is 11.3 Å². The van der Waals surface area contributed by atoms with Crippen LogP contribution in [0.5, 0.6) is 0 Å². The van der Waals surface area contributed by atoms with Crippen LogP contribution in [-0.2, 0) is 25.7 Å². The van der Waals surface area contributed by atoms with Crippen molar-refractivity contribution in [3.05, 3.63) is 47.5 Å². The summed E-state index contributed by atoms with van der Waals surface area (Å²) >= 11 is 0. The fourth-order valence-electron chi connectivity index (χ4n) is 4.07. The molecule has 0 radical (unpaired) electrons. The number of hydrogen-bond acceptors (Lipinski definition) is 4. The second kappa shape index (κ2) is 7.42. The van der Waals surface area contributed by atoms with Crippen LogP contribution in [0.3, 0.4) is 0 Å². The van der Waals surface area contributed by atoms with Gasteiger partial charge in [0.2, 0.25) is 0 Å². The minimum absolute atomic E-state index is 0.101. The Morgan fingerprint density at radius 1 is 1.32 bits per heavy atom. The van der Waals surface area contributed by atoms with Gasteiger partial charge >= 0.3 is 11.9 Å². The first-order valence-corrected chi connectivity index (χ1v) is 9.12. The van der Waals surface area contributed by atoms with Crippen LogP contribution < -0.4 is 0 Å². The monoisotopic (exact) mass is 342 g/mol. The number of benzene rings is 1. The largest absolute Gasteiger partial charge is 0.461 e. The number of esters is 2. The minimum atomic E-state index is -0.517. The lowest BCUT2D eigenvalue weighted by Crippen LogP contribution is -2.32. The van der Waals surface area contributed by atoms with E-state index in [1.807, 2.05) is 30.3 Å². The van der Waals surface area contributed by atoms with Gasteiger partial charge in [0.1, 0.15) is 12.7 Å². The van der Waals surface area contributed by atoms with Crippen molar-refractivity contribution < 1.29 is 19.1 Å². The SMILES string of the molecule is CC(C)C[C@]12CCCC=C1C(CC(=O)OCc1ccccc1)OC2=O. The average Bonchev–Trinajstić information content (AvgIpc) is 2.85. The van der Waals surface area contributed by atoms with Gasteiger partial charge in [-0.25, -0.2) is 0 Å². The van der Waals surface area contributed by atoms with Gasteiger partial charge in [0.25, 0.3) is 0 Å². The van der Waals surface area contributed by atoms with Crippen molar-refractivity contribution in [2.45, 2.75) is 58.7 Å². The highest BCUT2D eigenvalue weighted by atomic mass is 16.6. The van der Waals surface area contributed by atoms with Crippen molar-refractivity contribution in [3.8, 4) is 0 Å². The molecule has 4 nitrogen and oxygen atoms in total. The fraction of sp³-hybridized carbons (Fsp3) is 0.524. The van der Waals surface area contributed by atoms with Crippen LogP contribution in [-0.4, -0.2) is 18.0 Å². The lowest BCUT2D eigenvalue weighted by atomic mass is 9.68. The summed E-state index contributed by atoms with van der Waals surface area (Å²) in [5.41, 5.74) is 1.44. The Labute approximate surface area is 149 Å². The quantitative estimate of drug-likeness (QED) is 0.575. The van der Waals surface area contributed by atoms with Crippen LogP contribution in [0.25, 0.3) is 0 Å². The van der Waals surface area contributed by atoms with E-state index in [4.69, 9.17) is 9.47 Å². The Hall–Kier alpha value is -2.10. The summed E-state index contributed by atoms with van der Waals surface area (Å²) in [6, 6.07) is 9.58. The van der Waals surface area contributed by atoms with Crippen molar-refractivity contribution in [1.29, 1.82) is 0 Å². The molecule has 4 heteroatoms. The molecule has 25 heavy (non-hydrogen) atoms. The van der Waals surface area contributed by atoms with Gasteiger partial charge in [0, 0.05) is 0 Å². The molecule has 2 atom stereocenters. The Morgan fingerprint density at radius 3 is 2.80 bits per heavy atom. The van der Waals surface area contributed by atoms with Crippen LogP contribution in [0.4, 0.5) is 0 Å². The number of rotatable bonds is 6. The maximum absolute atomic E-state index is 12.6. The van der Waals surface area contributed by atoms with Gasteiger partial charge in [-0.2, -0.15) is 0 Å². The molecule has 1 aromatic carbocycles. The van der Waals surface area contributed by atoms with E-state index >= 15 is 0 Å². The molecular formula is C21H26O4.